The molecule has 0 spiro atoms. The maximum atomic E-state index is 12.8. The van der Waals surface area contributed by atoms with Crippen molar-refractivity contribution in [1.29, 1.82) is 0 Å². The fourth-order valence-electron chi connectivity index (χ4n) is 3.53. The predicted octanol–water partition coefficient (Wildman–Crippen LogP) is 1.32. The highest BCUT2D eigenvalue weighted by molar-refractivity contribution is 6.08. The molecule has 0 aromatic heterocycles. The Bertz CT molecular complexity index is 801. The van der Waals surface area contributed by atoms with Gasteiger partial charge in [-0.25, -0.2) is 4.79 Å². The van der Waals surface area contributed by atoms with Crippen molar-refractivity contribution < 1.29 is 23.9 Å². The van der Waals surface area contributed by atoms with E-state index in [9.17, 15) is 19.2 Å². The van der Waals surface area contributed by atoms with Crippen LogP contribution in [0.1, 0.15) is 37.8 Å². The number of esters is 1. The van der Waals surface area contributed by atoms with E-state index in [2.05, 4.69) is 5.32 Å². The molecule has 0 unspecified atom stereocenters. The minimum Gasteiger partial charge on any atom is -0.451 e. The highest BCUT2D eigenvalue weighted by Crippen LogP contribution is 2.29. The van der Waals surface area contributed by atoms with Crippen molar-refractivity contribution in [3.8, 4) is 0 Å². The average molecular weight is 387 g/mol. The fourth-order valence-corrected chi connectivity index (χ4v) is 3.53. The Morgan fingerprint density at radius 2 is 1.79 bits per heavy atom. The molecule has 2 aliphatic heterocycles. The average Bonchev–Trinajstić information content (AvgIpc) is 3.25. The smallest absolute Gasteiger partial charge is 0.327 e. The lowest BCUT2D eigenvalue weighted by atomic mass is 9.91. The minimum absolute atomic E-state index is 0.257. The maximum Gasteiger partial charge on any atom is 0.327 e. The SMILES string of the molecule is Cc1ccc([C@]2(C)NC(=O)N(CC(=O)O[C@@H](C)C(=O)N3CCCC3)C2=O)cc1. The third kappa shape index (κ3) is 3.72. The van der Waals surface area contributed by atoms with Gasteiger partial charge in [0.25, 0.3) is 11.8 Å². The number of rotatable bonds is 5. The summed E-state index contributed by atoms with van der Waals surface area (Å²) in [6.07, 6.45) is 0.925. The van der Waals surface area contributed by atoms with Gasteiger partial charge in [0.2, 0.25) is 0 Å². The van der Waals surface area contributed by atoms with E-state index in [-0.39, 0.29) is 5.91 Å². The zero-order valence-electron chi connectivity index (χ0n) is 16.4. The first-order valence-electron chi connectivity index (χ1n) is 9.42. The van der Waals surface area contributed by atoms with Crippen LogP contribution in [0, 0.1) is 6.92 Å². The van der Waals surface area contributed by atoms with E-state index in [4.69, 9.17) is 4.74 Å². The number of nitrogens with zero attached hydrogens (tertiary/aromatic N) is 2. The van der Waals surface area contributed by atoms with Gasteiger partial charge in [-0.2, -0.15) is 0 Å². The molecule has 28 heavy (non-hydrogen) atoms. The lowest BCUT2D eigenvalue weighted by Gasteiger charge is -2.23. The van der Waals surface area contributed by atoms with Crippen LogP contribution in [0.15, 0.2) is 24.3 Å². The predicted molar refractivity (Wildman–Crippen MR) is 100 cm³/mol. The molecule has 1 aromatic carbocycles. The molecule has 8 heteroatoms. The van der Waals surface area contributed by atoms with Crippen LogP contribution in [0.4, 0.5) is 4.79 Å². The maximum absolute atomic E-state index is 12.8. The van der Waals surface area contributed by atoms with Crippen LogP contribution < -0.4 is 5.32 Å². The van der Waals surface area contributed by atoms with Crippen molar-refractivity contribution in [3.63, 3.8) is 0 Å². The molecule has 4 amide bonds. The van der Waals surface area contributed by atoms with Crippen LogP contribution in [0.25, 0.3) is 0 Å². The molecular formula is C20H25N3O5. The van der Waals surface area contributed by atoms with Crippen LogP contribution in [-0.4, -0.2) is 59.4 Å². The fraction of sp³-hybridized carbons (Fsp3) is 0.500. The van der Waals surface area contributed by atoms with Crippen LogP contribution in [-0.2, 0) is 24.7 Å². The molecule has 2 heterocycles. The van der Waals surface area contributed by atoms with E-state index in [0.29, 0.717) is 18.7 Å². The van der Waals surface area contributed by atoms with Gasteiger partial charge in [0.05, 0.1) is 0 Å². The highest BCUT2D eigenvalue weighted by atomic mass is 16.5. The second kappa shape index (κ2) is 7.61. The van der Waals surface area contributed by atoms with E-state index in [1.54, 1.807) is 24.0 Å². The number of benzene rings is 1. The quantitative estimate of drug-likeness (QED) is 0.607. The van der Waals surface area contributed by atoms with Gasteiger partial charge >= 0.3 is 12.0 Å². The summed E-state index contributed by atoms with van der Waals surface area (Å²) in [4.78, 5) is 52.1. The summed E-state index contributed by atoms with van der Waals surface area (Å²) in [5.41, 5.74) is 0.410. The number of imide groups is 1. The number of carbonyl (C=O) groups is 4. The number of carbonyl (C=O) groups excluding carboxylic acids is 4. The van der Waals surface area contributed by atoms with E-state index < -0.39 is 36.1 Å². The summed E-state index contributed by atoms with van der Waals surface area (Å²) in [6.45, 7) is 5.80. The van der Waals surface area contributed by atoms with Crippen molar-refractivity contribution in [3.05, 3.63) is 35.4 Å². The summed E-state index contributed by atoms with van der Waals surface area (Å²) in [7, 11) is 0. The Hall–Kier alpha value is -2.90. The van der Waals surface area contributed by atoms with Gasteiger partial charge in [-0.05, 0) is 39.2 Å². The van der Waals surface area contributed by atoms with Crippen LogP contribution in [0.2, 0.25) is 0 Å². The summed E-state index contributed by atoms with van der Waals surface area (Å²) in [5.74, 6) is -1.58. The molecule has 1 aromatic rings. The van der Waals surface area contributed by atoms with Crippen molar-refractivity contribution in [2.75, 3.05) is 19.6 Å². The summed E-state index contributed by atoms with van der Waals surface area (Å²) >= 11 is 0. The van der Waals surface area contributed by atoms with Gasteiger partial charge in [0, 0.05) is 13.1 Å². The Kier molecular flexibility index (Phi) is 5.40. The second-order valence-electron chi connectivity index (χ2n) is 7.48. The molecule has 3 rings (SSSR count). The Balaban J connectivity index is 1.64. The number of nitrogens with one attached hydrogen (secondary N) is 1. The second-order valence-corrected chi connectivity index (χ2v) is 7.48. The van der Waals surface area contributed by atoms with Crippen molar-refractivity contribution in [2.45, 2.75) is 45.3 Å². The molecule has 8 nitrogen and oxygen atoms in total. The van der Waals surface area contributed by atoms with Crippen molar-refractivity contribution in [1.82, 2.24) is 15.1 Å². The molecule has 2 saturated heterocycles. The third-order valence-corrected chi connectivity index (χ3v) is 5.26. The standard InChI is InChI=1S/C20H25N3O5/c1-13-6-8-15(9-7-13)20(3)18(26)23(19(27)21-20)12-16(24)28-14(2)17(25)22-10-4-5-11-22/h6-9,14H,4-5,10-12H2,1-3H3,(H,21,27)/t14-,20-/m0/s1. The number of likely N-dealkylation sites (tertiary alicyclic amines) is 1. The first-order chi connectivity index (χ1) is 13.2. The van der Waals surface area contributed by atoms with Gasteiger partial charge in [-0.1, -0.05) is 29.8 Å². The molecule has 2 atom stereocenters. The number of ether oxygens (including phenoxy) is 1. The monoisotopic (exact) mass is 387 g/mol. The molecule has 150 valence electrons. The number of urea groups is 1. The van der Waals surface area contributed by atoms with Gasteiger partial charge in [-0.3, -0.25) is 19.3 Å². The zero-order valence-corrected chi connectivity index (χ0v) is 16.4. The van der Waals surface area contributed by atoms with Crippen LogP contribution in [0.5, 0.6) is 0 Å². The molecule has 2 aliphatic rings. The molecule has 0 bridgehead atoms. The largest absolute Gasteiger partial charge is 0.451 e. The van der Waals surface area contributed by atoms with Gasteiger partial charge in [0.15, 0.2) is 6.10 Å². The van der Waals surface area contributed by atoms with Crippen molar-refractivity contribution in [2.24, 2.45) is 0 Å². The van der Waals surface area contributed by atoms with E-state index in [1.165, 1.54) is 6.92 Å². The molecule has 0 radical (unpaired) electrons. The Morgan fingerprint density at radius 3 is 2.39 bits per heavy atom. The first kappa shape index (κ1) is 19.9. The van der Waals surface area contributed by atoms with E-state index in [0.717, 1.165) is 23.3 Å². The van der Waals surface area contributed by atoms with E-state index >= 15 is 0 Å². The number of hydrogen-bond donors (Lipinski definition) is 1. The van der Waals surface area contributed by atoms with Crippen molar-refractivity contribution >= 4 is 23.8 Å². The summed E-state index contributed by atoms with van der Waals surface area (Å²) in [6, 6.07) is 6.58. The summed E-state index contributed by atoms with van der Waals surface area (Å²) < 4.78 is 5.17. The molecule has 1 N–H and O–H groups in total. The number of amides is 4. The van der Waals surface area contributed by atoms with Crippen LogP contribution in [0.3, 0.4) is 0 Å². The Morgan fingerprint density at radius 1 is 1.18 bits per heavy atom. The summed E-state index contributed by atoms with van der Waals surface area (Å²) in [5, 5.41) is 2.65. The number of hydrogen-bond acceptors (Lipinski definition) is 5. The van der Waals surface area contributed by atoms with Gasteiger partial charge in [0.1, 0.15) is 12.1 Å². The molecule has 0 saturated carbocycles. The van der Waals surface area contributed by atoms with Gasteiger partial charge in [-0.15, -0.1) is 0 Å². The topological polar surface area (TPSA) is 96.0 Å². The normalized spacial score (nSPS) is 23.0. The lowest BCUT2D eigenvalue weighted by Crippen LogP contribution is -2.43. The molecule has 0 aliphatic carbocycles. The highest BCUT2D eigenvalue weighted by Gasteiger charge is 2.49. The zero-order chi connectivity index (χ0) is 20.5. The number of aryl methyl sites for hydroxylation is 1. The van der Waals surface area contributed by atoms with Gasteiger partial charge < -0.3 is 15.0 Å². The Labute approximate surface area is 163 Å². The third-order valence-electron chi connectivity index (χ3n) is 5.26. The molecular weight excluding hydrogens is 362 g/mol. The van der Waals surface area contributed by atoms with Crippen LogP contribution >= 0.6 is 0 Å². The lowest BCUT2D eigenvalue weighted by molar-refractivity contribution is -0.160. The first-order valence-corrected chi connectivity index (χ1v) is 9.42. The molecule has 2 fully saturated rings. The van der Waals surface area contributed by atoms with E-state index in [1.807, 2.05) is 19.1 Å². The minimum atomic E-state index is -1.25.